The number of aliphatic hydroxyl groups is 1. The van der Waals surface area contributed by atoms with Crippen molar-refractivity contribution in [2.45, 2.75) is 25.1 Å². The molecule has 132 valence electrons. The fourth-order valence-electron chi connectivity index (χ4n) is 2.29. The first-order valence-electron chi connectivity index (χ1n) is 7.52. The minimum atomic E-state index is -0.692. The molecular weight excluding hydrogens is 383 g/mol. The number of ether oxygens (including phenoxy) is 1. The van der Waals surface area contributed by atoms with E-state index in [1.807, 2.05) is 24.3 Å². The molecule has 3 aromatic rings. The molecule has 0 aliphatic rings. The summed E-state index contributed by atoms with van der Waals surface area (Å²) in [5, 5.41) is 20.0. The van der Waals surface area contributed by atoms with E-state index in [1.54, 1.807) is 18.2 Å². The van der Waals surface area contributed by atoms with Gasteiger partial charge in [0.2, 0.25) is 0 Å². The predicted octanol–water partition coefficient (Wildman–Crippen LogP) is 3.58. The van der Waals surface area contributed by atoms with Crippen LogP contribution in [0.2, 0.25) is 10.0 Å². The lowest BCUT2D eigenvalue weighted by Crippen LogP contribution is -2.20. The SMILES string of the molecule is Cc1cc(C)n2c(SC[C@@H](O)COc3ccc(Cl)cc3Cl)nnc2n1. The van der Waals surface area contributed by atoms with Crippen LogP contribution >= 0.6 is 35.0 Å². The van der Waals surface area contributed by atoms with Gasteiger partial charge in [-0.15, -0.1) is 10.2 Å². The Labute approximate surface area is 159 Å². The van der Waals surface area contributed by atoms with Crippen molar-refractivity contribution in [1.29, 1.82) is 0 Å². The minimum Gasteiger partial charge on any atom is -0.489 e. The van der Waals surface area contributed by atoms with Crippen LogP contribution in [0.5, 0.6) is 5.75 Å². The maximum absolute atomic E-state index is 10.2. The van der Waals surface area contributed by atoms with Gasteiger partial charge in [0.1, 0.15) is 12.4 Å². The Hall–Kier alpha value is -1.54. The Morgan fingerprint density at radius 2 is 2.04 bits per heavy atom. The highest BCUT2D eigenvalue weighted by molar-refractivity contribution is 7.99. The van der Waals surface area contributed by atoms with Crippen molar-refractivity contribution in [2.75, 3.05) is 12.4 Å². The summed E-state index contributed by atoms with van der Waals surface area (Å²) >= 11 is 13.3. The second-order valence-corrected chi connectivity index (χ2v) is 7.34. The third kappa shape index (κ3) is 4.36. The summed E-state index contributed by atoms with van der Waals surface area (Å²) in [7, 11) is 0. The fourth-order valence-corrected chi connectivity index (χ4v) is 3.64. The first-order chi connectivity index (χ1) is 11.9. The number of rotatable bonds is 6. The quantitative estimate of drug-likeness (QED) is 0.639. The molecule has 0 unspecified atom stereocenters. The number of halogens is 2. The maximum Gasteiger partial charge on any atom is 0.256 e. The number of benzene rings is 1. The molecule has 0 spiro atoms. The van der Waals surface area contributed by atoms with Gasteiger partial charge in [0.25, 0.3) is 5.78 Å². The number of aliphatic hydroxyl groups excluding tert-OH is 1. The van der Waals surface area contributed by atoms with Crippen molar-refractivity contribution in [3.8, 4) is 5.75 Å². The van der Waals surface area contributed by atoms with Gasteiger partial charge in [0.05, 0.1) is 11.1 Å². The minimum absolute atomic E-state index is 0.113. The summed E-state index contributed by atoms with van der Waals surface area (Å²) in [6.45, 7) is 4.00. The zero-order valence-electron chi connectivity index (χ0n) is 13.6. The molecule has 9 heteroatoms. The Kier molecular flexibility index (Phi) is 5.68. The summed E-state index contributed by atoms with van der Waals surface area (Å²) in [6, 6.07) is 6.92. The number of fused-ring (bicyclic) bond motifs is 1. The lowest BCUT2D eigenvalue weighted by Gasteiger charge is -2.13. The number of hydrogen-bond donors (Lipinski definition) is 1. The van der Waals surface area contributed by atoms with E-state index in [0.717, 1.165) is 11.4 Å². The van der Waals surface area contributed by atoms with Crippen LogP contribution in [-0.2, 0) is 0 Å². The molecule has 1 atom stereocenters. The fraction of sp³-hybridized carbons (Fsp3) is 0.312. The van der Waals surface area contributed by atoms with Gasteiger partial charge in [0, 0.05) is 22.2 Å². The van der Waals surface area contributed by atoms with Crippen molar-refractivity contribution in [3.63, 3.8) is 0 Å². The van der Waals surface area contributed by atoms with E-state index < -0.39 is 6.10 Å². The van der Waals surface area contributed by atoms with E-state index in [1.165, 1.54) is 11.8 Å². The molecule has 3 rings (SSSR count). The first kappa shape index (κ1) is 18.3. The lowest BCUT2D eigenvalue weighted by atomic mass is 10.3. The van der Waals surface area contributed by atoms with E-state index in [4.69, 9.17) is 27.9 Å². The smallest absolute Gasteiger partial charge is 0.256 e. The van der Waals surface area contributed by atoms with Gasteiger partial charge in [-0.05, 0) is 38.1 Å². The molecule has 0 fully saturated rings. The summed E-state index contributed by atoms with van der Waals surface area (Å²) in [4.78, 5) is 4.34. The van der Waals surface area contributed by atoms with Crippen molar-refractivity contribution >= 4 is 40.7 Å². The van der Waals surface area contributed by atoms with Gasteiger partial charge >= 0.3 is 0 Å². The zero-order valence-corrected chi connectivity index (χ0v) is 15.9. The van der Waals surface area contributed by atoms with Gasteiger partial charge < -0.3 is 9.84 Å². The van der Waals surface area contributed by atoms with Gasteiger partial charge in [0.15, 0.2) is 5.16 Å². The number of thioether (sulfide) groups is 1. The molecule has 2 heterocycles. The maximum atomic E-state index is 10.2. The molecular formula is C16H16Cl2N4O2S. The van der Waals surface area contributed by atoms with E-state index in [-0.39, 0.29) is 6.61 Å². The molecule has 1 aromatic carbocycles. The Balaban J connectivity index is 1.60. The highest BCUT2D eigenvalue weighted by atomic mass is 35.5. The van der Waals surface area contributed by atoms with Crippen LogP contribution in [0.3, 0.4) is 0 Å². The molecule has 1 N–H and O–H groups in total. The Morgan fingerprint density at radius 3 is 2.80 bits per heavy atom. The van der Waals surface area contributed by atoms with Crippen LogP contribution in [0.4, 0.5) is 0 Å². The molecule has 0 aliphatic carbocycles. The van der Waals surface area contributed by atoms with Crippen LogP contribution in [0.1, 0.15) is 11.4 Å². The van der Waals surface area contributed by atoms with E-state index in [9.17, 15) is 5.11 Å². The van der Waals surface area contributed by atoms with Gasteiger partial charge in [-0.2, -0.15) is 0 Å². The second kappa shape index (κ2) is 7.78. The Morgan fingerprint density at radius 1 is 1.24 bits per heavy atom. The monoisotopic (exact) mass is 398 g/mol. The van der Waals surface area contributed by atoms with Crippen molar-refractivity contribution < 1.29 is 9.84 Å². The number of aryl methyl sites for hydroxylation is 2. The van der Waals surface area contributed by atoms with Crippen LogP contribution < -0.4 is 4.74 Å². The molecule has 0 saturated heterocycles. The van der Waals surface area contributed by atoms with E-state index >= 15 is 0 Å². The third-order valence-electron chi connectivity index (χ3n) is 3.39. The highest BCUT2D eigenvalue weighted by Crippen LogP contribution is 2.28. The van der Waals surface area contributed by atoms with Gasteiger partial charge in [-0.1, -0.05) is 35.0 Å². The topological polar surface area (TPSA) is 72.5 Å². The number of hydrogen-bond acceptors (Lipinski definition) is 6. The van der Waals surface area contributed by atoms with Crippen LogP contribution in [0, 0.1) is 13.8 Å². The molecule has 0 bridgehead atoms. The van der Waals surface area contributed by atoms with Crippen molar-refractivity contribution in [1.82, 2.24) is 19.6 Å². The summed E-state index contributed by atoms with van der Waals surface area (Å²) in [5.74, 6) is 1.44. The van der Waals surface area contributed by atoms with E-state index in [2.05, 4.69) is 15.2 Å². The van der Waals surface area contributed by atoms with Crippen molar-refractivity contribution in [2.24, 2.45) is 0 Å². The molecule has 0 radical (unpaired) electrons. The predicted molar refractivity (Wildman–Crippen MR) is 98.9 cm³/mol. The van der Waals surface area contributed by atoms with Crippen molar-refractivity contribution in [3.05, 3.63) is 45.7 Å². The average Bonchev–Trinajstić information content (AvgIpc) is 2.95. The van der Waals surface area contributed by atoms with E-state index in [0.29, 0.717) is 32.5 Å². The molecule has 0 aliphatic heterocycles. The Bertz CT molecular complexity index is 903. The summed E-state index contributed by atoms with van der Waals surface area (Å²) < 4.78 is 7.40. The second-order valence-electron chi connectivity index (χ2n) is 5.51. The third-order valence-corrected chi connectivity index (χ3v) is 5.00. The average molecular weight is 399 g/mol. The van der Waals surface area contributed by atoms with Gasteiger partial charge in [-0.25, -0.2) is 4.98 Å². The lowest BCUT2D eigenvalue weighted by molar-refractivity contribution is 0.126. The zero-order chi connectivity index (χ0) is 18.0. The van der Waals surface area contributed by atoms with Crippen LogP contribution in [-0.4, -0.2) is 43.2 Å². The molecule has 0 amide bonds. The molecule has 25 heavy (non-hydrogen) atoms. The number of nitrogens with zero attached hydrogens (tertiary/aromatic N) is 4. The number of aromatic nitrogens is 4. The van der Waals surface area contributed by atoms with Crippen LogP contribution in [0.25, 0.3) is 5.78 Å². The highest BCUT2D eigenvalue weighted by Gasteiger charge is 2.14. The molecule has 0 saturated carbocycles. The van der Waals surface area contributed by atoms with Crippen LogP contribution in [0.15, 0.2) is 29.4 Å². The molecule has 2 aromatic heterocycles. The largest absolute Gasteiger partial charge is 0.489 e. The summed E-state index contributed by atoms with van der Waals surface area (Å²) in [5.41, 5.74) is 1.89. The van der Waals surface area contributed by atoms with Gasteiger partial charge in [-0.3, -0.25) is 4.40 Å². The normalized spacial score (nSPS) is 12.5. The first-order valence-corrected chi connectivity index (χ1v) is 9.26. The summed E-state index contributed by atoms with van der Waals surface area (Å²) in [6.07, 6.45) is -0.692. The molecule has 6 nitrogen and oxygen atoms in total. The standard InChI is InChI=1S/C16H16Cl2N4O2S/c1-9-5-10(2)22-15(19-9)20-21-16(22)25-8-12(23)7-24-14-4-3-11(17)6-13(14)18/h3-6,12,23H,7-8H2,1-2H3/t12-/m0/s1.